The number of aromatic nitrogens is 4. The van der Waals surface area contributed by atoms with Crippen LogP contribution >= 0.6 is 0 Å². The van der Waals surface area contributed by atoms with Crippen LogP contribution in [0, 0.1) is 11.3 Å². The molecule has 86 valence electrons. The molecule has 6 nitrogen and oxygen atoms in total. The third-order valence-electron chi connectivity index (χ3n) is 2.36. The predicted molar refractivity (Wildman–Crippen MR) is 58.6 cm³/mol. The second-order valence-corrected chi connectivity index (χ2v) is 3.65. The molecule has 6 heteroatoms. The summed E-state index contributed by atoms with van der Waals surface area (Å²) >= 11 is 0. The lowest BCUT2D eigenvalue weighted by Crippen LogP contribution is -1.93. The first-order valence-corrected chi connectivity index (χ1v) is 5.28. The Kier molecular flexibility index (Phi) is 3.40. The van der Waals surface area contributed by atoms with Gasteiger partial charge in [0.15, 0.2) is 0 Å². The fourth-order valence-electron chi connectivity index (χ4n) is 1.37. The van der Waals surface area contributed by atoms with Crippen molar-refractivity contribution in [3.8, 4) is 17.6 Å². The molecule has 0 aliphatic carbocycles. The average Bonchev–Trinajstić information content (AvgIpc) is 2.86. The van der Waals surface area contributed by atoms with Crippen molar-refractivity contribution >= 4 is 0 Å². The minimum Gasteiger partial charge on any atom is -0.339 e. The fraction of sp³-hybridized carbons (Fsp3) is 0.364. The Morgan fingerprint density at radius 2 is 2.41 bits per heavy atom. The first-order valence-electron chi connectivity index (χ1n) is 5.28. The summed E-state index contributed by atoms with van der Waals surface area (Å²) in [7, 11) is 0. The van der Waals surface area contributed by atoms with E-state index in [1.54, 1.807) is 12.3 Å². The lowest BCUT2D eigenvalue weighted by molar-refractivity contribution is 0.355. The molecule has 0 radical (unpaired) electrons. The van der Waals surface area contributed by atoms with Crippen molar-refractivity contribution in [1.82, 2.24) is 20.1 Å². The van der Waals surface area contributed by atoms with E-state index < -0.39 is 0 Å². The van der Waals surface area contributed by atoms with Crippen molar-refractivity contribution < 1.29 is 4.52 Å². The molecule has 0 saturated heterocycles. The molecule has 2 rings (SSSR count). The molecule has 0 amide bonds. The van der Waals surface area contributed by atoms with Crippen LogP contribution in [0.3, 0.4) is 0 Å². The van der Waals surface area contributed by atoms with Crippen molar-refractivity contribution in [1.29, 1.82) is 5.26 Å². The van der Waals surface area contributed by atoms with E-state index >= 15 is 0 Å². The molecule has 0 aliphatic rings. The van der Waals surface area contributed by atoms with Crippen molar-refractivity contribution in [2.24, 2.45) is 0 Å². The van der Waals surface area contributed by atoms with Gasteiger partial charge < -0.3 is 4.52 Å². The molecule has 2 aromatic heterocycles. The highest BCUT2D eigenvalue weighted by Crippen LogP contribution is 2.21. The van der Waals surface area contributed by atoms with Gasteiger partial charge in [0.25, 0.3) is 0 Å². The topological polar surface area (TPSA) is 88.5 Å². The van der Waals surface area contributed by atoms with Crippen LogP contribution in [0.5, 0.6) is 0 Å². The molecule has 0 bridgehead atoms. The van der Waals surface area contributed by atoms with Gasteiger partial charge in [0.2, 0.25) is 11.7 Å². The van der Waals surface area contributed by atoms with Crippen molar-refractivity contribution in [3.63, 3.8) is 0 Å². The Hall–Kier alpha value is -2.29. The summed E-state index contributed by atoms with van der Waals surface area (Å²) < 4.78 is 5.15. The second kappa shape index (κ2) is 5.16. The van der Waals surface area contributed by atoms with Gasteiger partial charge >= 0.3 is 0 Å². The molecule has 0 fully saturated rings. The minimum atomic E-state index is 0.0812. The molecular formula is C11H11N5O. The van der Waals surface area contributed by atoms with Gasteiger partial charge in [0.1, 0.15) is 12.0 Å². The Balaban J connectivity index is 2.14. The second-order valence-electron chi connectivity index (χ2n) is 3.65. The highest BCUT2D eigenvalue weighted by Gasteiger charge is 2.15. The fourth-order valence-corrected chi connectivity index (χ4v) is 1.37. The molecule has 0 N–H and O–H groups in total. The molecular weight excluding hydrogens is 218 g/mol. The lowest BCUT2D eigenvalue weighted by Gasteiger charge is -2.00. The smallest absolute Gasteiger partial charge is 0.229 e. The summed E-state index contributed by atoms with van der Waals surface area (Å²) in [5, 5.41) is 12.4. The molecule has 17 heavy (non-hydrogen) atoms. The van der Waals surface area contributed by atoms with Crippen molar-refractivity contribution in [2.45, 2.75) is 25.7 Å². The largest absolute Gasteiger partial charge is 0.339 e. The summed E-state index contributed by atoms with van der Waals surface area (Å²) in [5.74, 6) is 1.07. The molecule has 0 saturated carbocycles. The van der Waals surface area contributed by atoms with Crippen LogP contribution in [0.25, 0.3) is 11.5 Å². The van der Waals surface area contributed by atoms with Gasteiger partial charge in [0, 0.05) is 18.5 Å². The summed E-state index contributed by atoms with van der Waals surface area (Å²) in [4.78, 5) is 12.1. The number of hydrogen-bond donors (Lipinski definition) is 0. The van der Waals surface area contributed by atoms with E-state index in [2.05, 4.69) is 26.2 Å². The van der Waals surface area contributed by atoms with Crippen molar-refractivity contribution in [2.75, 3.05) is 0 Å². The van der Waals surface area contributed by atoms with E-state index in [1.807, 2.05) is 6.92 Å². The number of rotatable bonds is 4. The van der Waals surface area contributed by atoms with Crippen LogP contribution in [0.4, 0.5) is 0 Å². The molecule has 2 aromatic rings. The Bertz CT molecular complexity index is 516. The van der Waals surface area contributed by atoms with Gasteiger partial charge in [-0.05, 0) is 12.5 Å². The van der Waals surface area contributed by atoms with Crippen LogP contribution in [0.1, 0.15) is 31.6 Å². The Labute approximate surface area is 98.3 Å². The standard InChI is InChI=1S/C11H11N5O/c1-8(3-2-5-12)11-15-10(16-17-11)9-4-6-13-7-14-9/h4,6-8H,2-3H2,1H3. The first-order chi connectivity index (χ1) is 8.31. The lowest BCUT2D eigenvalue weighted by atomic mass is 10.1. The third kappa shape index (κ3) is 2.64. The zero-order chi connectivity index (χ0) is 12.1. The van der Waals surface area contributed by atoms with E-state index in [-0.39, 0.29) is 5.92 Å². The van der Waals surface area contributed by atoms with Gasteiger partial charge in [-0.25, -0.2) is 9.97 Å². The van der Waals surface area contributed by atoms with Gasteiger partial charge in [-0.1, -0.05) is 12.1 Å². The maximum atomic E-state index is 8.51. The highest BCUT2D eigenvalue weighted by molar-refractivity contribution is 5.46. The monoisotopic (exact) mass is 229 g/mol. The molecule has 1 unspecified atom stereocenters. The van der Waals surface area contributed by atoms with Crippen LogP contribution in [-0.2, 0) is 0 Å². The van der Waals surface area contributed by atoms with Gasteiger partial charge in [-0.3, -0.25) is 0 Å². The highest BCUT2D eigenvalue weighted by atomic mass is 16.5. The van der Waals surface area contributed by atoms with E-state index in [0.717, 1.165) is 0 Å². The maximum Gasteiger partial charge on any atom is 0.229 e. The molecule has 0 spiro atoms. The van der Waals surface area contributed by atoms with Crippen LogP contribution < -0.4 is 0 Å². The zero-order valence-corrected chi connectivity index (χ0v) is 9.37. The number of nitrogens with zero attached hydrogens (tertiary/aromatic N) is 5. The normalized spacial score (nSPS) is 12.0. The predicted octanol–water partition coefficient (Wildman–Crippen LogP) is 1.93. The summed E-state index contributed by atoms with van der Waals surface area (Å²) in [5.41, 5.74) is 0.627. The van der Waals surface area contributed by atoms with Crippen LogP contribution in [0.15, 0.2) is 23.1 Å². The average molecular weight is 229 g/mol. The van der Waals surface area contributed by atoms with Crippen LogP contribution in [0.2, 0.25) is 0 Å². The minimum absolute atomic E-state index is 0.0812. The Morgan fingerprint density at radius 3 is 3.12 bits per heavy atom. The van der Waals surface area contributed by atoms with E-state index in [4.69, 9.17) is 9.78 Å². The molecule has 1 atom stereocenters. The number of nitriles is 1. The SMILES string of the molecule is CC(CCC#N)c1nc(-c2ccncn2)no1. The maximum absolute atomic E-state index is 8.51. The molecule has 0 aliphatic heterocycles. The quantitative estimate of drug-likeness (QED) is 0.795. The van der Waals surface area contributed by atoms with Gasteiger partial charge in [0.05, 0.1) is 6.07 Å². The number of hydrogen-bond acceptors (Lipinski definition) is 6. The molecule has 0 aromatic carbocycles. The molecule has 2 heterocycles. The van der Waals surface area contributed by atoms with E-state index in [1.165, 1.54) is 6.33 Å². The van der Waals surface area contributed by atoms with Gasteiger partial charge in [-0.15, -0.1) is 0 Å². The Morgan fingerprint density at radius 1 is 1.53 bits per heavy atom. The summed E-state index contributed by atoms with van der Waals surface area (Å²) in [6, 6.07) is 3.81. The summed E-state index contributed by atoms with van der Waals surface area (Å²) in [6.07, 6.45) is 4.25. The third-order valence-corrected chi connectivity index (χ3v) is 2.36. The first kappa shape index (κ1) is 11.2. The van der Waals surface area contributed by atoms with E-state index in [0.29, 0.717) is 30.3 Å². The van der Waals surface area contributed by atoms with Crippen LogP contribution in [-0.4, -0.2) is 20.1 Å². The zero-order valence-electron chi connectivity index (χ0n) is 9.37. The summed E-state index contributed by atoms with van der Waals surface area (Å²) in [6.45, 7) is 1.95. The van der Waals surface area contributed by atoms with Crippen molar-refractivity contribution in [3.05, 3.63) is 24.5 Å². The van der Waals surface area contributed by atoms with E-state index in [9.17, 15) is 0 Å². The van der Waals surface area contributed by atoms with Gasteiger partial charge in [-0.2, -0.15) is 10.2 Å².